The second-order valence-electron chi connectivity index (χ2n) is 3.98. The predicted octanol–water partition coefficient (Wildman–Crippen LogP) is 1.36. The fraction of sp³-hybridized carbons (Fsp3) is 0.889. The van der Waals surface area contributed by atoms with Crippen LogP contribution >= 0.6 is 8.09 Å². The summed E-state index contributed by atoms with van der Waals surface area (Å²) in [6.45, 7) is 7.38. The monoisotopic (exact) mass is 252 g/mol. The molecule has 96 valence electrons. The van der Waals surface area contributed by atoms with Gasteiger partial charge in [0.25, 0.3) is 0 Å². The van der Waals surface area contributed by atoms with Crippen molar-refractivity contribution in [3.8, 4) is 6.07 Å². The molecule has 0 saturated carbocycles. The minimum absolute atomic E-state index is 0.0242. The standard InChI is InChI=1S/C9H21N2O4P/c1-8(2)11(9(3)4)16(12,13)15-14-7-5-6-10/h8-9,12-13,16H,5,7H2,1-4H3. The van der Waals surface area contributed by atoms with Crippen molar-refractivity contribution in [3.05, 3.63) is 0 Å². The summed E-state index contributed by atoms with van der Waals surface area (Å²) in [5.74, 6) is 0. The average Bonchev–Trinajstić information content (AvgIpc) is 2.10. The molecule has 0 rings (SSSR count). The summed E-state index contributed by atoms with van der Waals surface area (Å²) >= 11 is 0. The van der Waals surface area contributed by atoms with Crippen LogP contribution in [0, 0.1) is 11.3 Å². The van der Waals surface area contributed by atoms with Crippen molar-refractivity contribution in [2.24, 2.45) is 0 Å². The van der Waals surface area contributed by atoms with Gasteiger partial charge >= 0.3 is 96.3 Å². The molecule has 7 heteroatoms. The third-order valence-corrected chi connectivity index (χ3v) is 3.96. The summed E-state index contributed by atoms with van der Waals surface area (Å²) in [5, 5.41) is 8.27. The molecule has 0 aliphatic heterocycles. The van der Waals surface area contributed by atoms with Crippen molar-refractivity contribution in [1.29, 1.82) is 5.26 Å². The van der Waals surface area contributed by atoms with Crippen LogP contribution in [0.2, 0.25) is 0 Å². The molecule has 0 aromatic heterocycles. The predicted molar refractivity (Wildman–Crippen MR) is 62.1 cm³/mol. The molecule has 0 aliphatic rings. The van der Waals surface area contributed by atoms with Crippen LogP contribution in [0.3, 0.4) is 0 Å². The van der Waals surface area contributed by atoms with E-state index in [1.807, 2.05) is 33.8 Å². The number of rotatable bonds is 7. The maximum atomic E-state index is 9.80. The fourth-order valence-corrected chi connectivity index (χ4v) is 3.19. The summed E-state index contributed by atoms with van der Waals surface area (Å²) < 4.78 is 6.11. The van der Waals surface area contributed by atoms with Crippen molar-refractivity contribution >= 4 is 8.09 Å². The zero-order valence-electron chi connectivity index (χ0n) is 10.2. The van der Waals surface area contributed by atoms with Crippen LogP contribution in [0.15, 0.2) is 0 Å². The van der Waals surface area contributed by atoms with Gasteiger partial charge in [0.15, 0.2) is 0 Å². The first-order chi connectivity index (χ1) is 7.33. The van der Waals surface area contributed by atoms with E-state index in [1.165, 1.54) is 4.67 Å². The fourth-order valence-electron chi connectivity index (χ4n) is 1.52. The van der Waals surface area contributed by atoms with Gasteiger partial charge in [0.05, 0.1) is 0 Å². The van der Waals surface area contributed by atoms with Crippen LogP contribution < -0.4 is 0 Å². The molecule has 0 spiro atoms. The quantitative estimate of drug-likeness (QED) is 0.308. The molecule has 6 nitrogen and oxygen atoms in total. The zero-order valence-corrected chi connectivity index (χ0v) is 11.2. The molecular weight excluding hydrogens is 231 g/mol. The second-order valence-corrected chi connectivity index (χ2v) is 5.81. The summed E-state index contributed by atoms with van der Waals surface area (Å²) in [7, 11) is -4.01. The van der Waals surface area contributed by atoms with Crippen LogP contribution in [0.1, 0.15) is 34.1 Å². The molecule has 0 unspecified atom stereocenters. The molecule has 0 radical (unpaired) electrons. The van der Waals surface area contributed by atoms with E-state index in [9.17, 15) is 9.79 Å². The van der Waals surface area contributed by atoms with Crippen molar-refractivity contribution in [1.82, 2.24) is 4.67 Å². The Balaban J connectivity index is 4.31. The van der Waals surface area contributed by atoms with Gasteiger partial charge in [-0.1, -0.05) is 0 Å². The Morgan fingerprint density at radius 3 is 2.12 bits per heavy atom. The minimum atomic E-state index is -4.01. The van der Waals surface area contributed by atoms with E-state index in [4.69, 9.17) is 5.26 Å². The molecule has 16 heavy (non-hydrogen) atoms. The first kappa shape index (κ1) is 15.7. The van der Waals surface area contributed by atoms with Crippen molar-refractivity contribution in [3.63, 3.8) is 0 Å². The van der Waals surface area contributed by atoms with E-state index >= 15 is 0 Å². The zero-order chi connectivity index (χ0) is 12.8. The van der Waals surface area contributed by atoms with Crippen LogP contribution in [-0.4, -0.2) is 33.1 Å². The van der Waals surface area contributed by atoms with Gasteiger partial charge in [0.2, 0.25) is 0 Å². The van der Waals surface area contributed by atoms with E-state index in [2.05, 4.69) is 9.56 Å². The maximum absolute atomic E-state index is 9.80. The summed E-state index contributed by atoms with van der Waals surface area (Å²) in [5.41, 5.74) is 0. The van der Waals surface area contributed by atoms with Crippen LogP contribution in [-0.2, 0) is 9.56 Å². The van der Waals surface area contributed by atoms with Crippen LogP contribution in [0.25, 0.3) is 0 Å². The van der Waals surface area contributed by atoms with Gasteiger partial charge in [-0.25, -0.2) is 0 Å². The number of hydrogen-bond acceptors (Lipinski definition) is 6. The van der Waals surface area contributed by atoms with Crippen molar-refractivity contribution in [2.75, 3.05) is 6.61 Å². The first-order valence-electron chi connectivity index (χ1n) is 5.23. The number of nitrogens with zero attached hydrogens (tertiary/aromatic N) is 2. The molecular formula is C9H21N2O4P. The van der Waals surface area contributed by atoms with Gasteiger partial charge in [0, 0.05) is 0 Å². The molecule has 0 bridgehead atoms. The van der Waals surface area contributed by atoms with Gasteiger partial charge in [-0.05, 0) is 0 Å². The Hall–Kier alpha value is -0.280. The number of hydrogen-bond donors (Lipinski definition) is 2. The Morgan fingerprint density at radius 1 is 1.25 bits per heavy atom. The van der Waals surface area contributed by atoms with Crippen LogP contribution in [0.4, 0.5) is 0 Å². The molecule has 0 atom stereocenters. The topological polar surface area (TPSA) is 86.0 Å². The summed E-state index contributed by atoms with van der Waals surface area (Å²) in [6, 6.07) is 1.73. The van der Waals surface area contributed by atoms with Crippen LogP contribution in [0.5, 0.6) is 0 Å². The van der Waals surface area contributed by atoms with E-state index in [1.54, 1.807) is 0 Å². The normalized spacial score (nSPS) is 13.5. The SMILES string of the molecule is CC(C)N(C(C)C)[PH](O)(O)OOCCC#N. The molecule has 0 amide bonds. The van der Waals surface area contributed by atoms with Gasteiger partial charge in [-0.2, -0.15) is 0 Å². The number of nitriles is 1. The van der Waals surface area contributed by atoms with E-state index in [0.29, 0.717) is 0 Å². The third kappa shape index (κ3) is 5.17. The molecule has 0 aromatic rings. The Morgan fingerprint density at radius 2 is 1.75 bits per heavy atom. The second kappa shape index (κ2) is 7.13. The molecule has 0 fully saturated rings. The van der Waals surface area contributed by atoms with Crippen molar-refractivity contribution in [2.45, 2.75) is 46.2 Å². The average molecular weight is 252 g/mol. The summed E-state index contributed by atoms with van der Waals surface area (Å²) in [6.07, 6.45) is 0.147. The molecule has 0 aromatic carbocycles. The van der Waals surface area contributed by atoms with E-state index < -0.39 is 8.09 Å². The Labute approximate surface area is 97.0 Å². The van der Waals surface area contributed by atoms with E-state index in [-0.39, 0.29) is 25.1 Å². The van der Waals surface area contributed by atoms with Gasteiger partial charge in [-0.15, -0.1) is 0 Å². The van der Waals surface area contributed by atoms with Gasteiger partial charge in [0.1, 0.15) is 0 Å². The van der Waals surface area contributed by atoms with Crippen molar-refractivity contribution < 1.29 is 19.3 Å². The molecule has 0 heterocycles. The third-order valence-electron chi connectivity index (χ3n) is 1.92. The van der Waals surface area contributed by atoms with Gasteiger partial charge < -0.3 is 0 Å². The molecule has 2 N–H and O–H groups in total. The van der Waals surface area contributed by atoms with Gasteiger partial charge in [-0.3, -0.25) is 0 Å². The molecule has 0 saturated heterocycles. The summed E-state index contributed by atoms with van der Waals surface area (Å²) in [4.78, 5) is 24.2. The Bertz CT molecular complexity index is 232. The molecule has 0 aliphatic carbocycles. The van der Waals surface area contributed by atoms with E-state index in [0.717, 1.165) is 0 Å². The Kier molecular flexibility index (Phi) is 7.00. The first-order valence-corrected chi connectivity index (χ1v) is 6.98.